The fourth-order valence-electron chi connectivity index (χ4n) is 5.78. The molecule has 46 heavy (non-hydrogen) atoms. The van der Waals surface area contributed by atoms with E-state index in [4.69, 9.17) is 22.1 Å². The number of unbranched alkanes of at least 4 members (excludes halogenated alkanes) is 2. The molecule has 4 amide bonds. The molecule has 0 aliphatic carbocycles. The van der Waals surface area contributed by atoms with E-state index in [0.717, 1.165) is 36.7 Å². The molecule has 14 heteroatoms. The maximum absolute atomic E-state index is 13.6. The van der Waals surface area contributed by atoms with Gasteiger partial charge in [0.05, 0.1) is 16.3 Å². The first-order valence-corrected chi connectivity index (χ1v) is 15.9. The molecule has 0 saturated carbocycles. The second-order valence-electron chi connectivity index (χ2n) is 12.0. The summed E-state index contributed by atoms with van der Waals surface area (Å²) in [6, 6.07) is 9.45. The number of rotatable bonds is 11. The van der Waals surface area contributed by atoms with Gasteiger partial charge in [-0.25, -0.2) is 9.59 Å². The Labute approximate surface area is 272 Å². The highest BCUT2D eigenvalue weighted by molar-refractivity contribution is 6.33. The van der Waals surface area contributed by atoms with Crippen LogP contribution in [0.2, 0.25) is 5.02 Å². The predicted molar refractivity (Wildman–Crippen MR) is 171 cm³/mol. The lowest BCUT2D eigenvalue weighted by Gasteiger charge is -2.37. The number of halogens is 4. The third kappa shape index (κ3) is 9.41. The highest BCUT2D eigenvalue weighted by Crippen LogP contribution is 2.38. The van der Waals surface area contributed by atoms with Crippen molar-refractivity contribution in [3.05, 3.63) is 58.1 Å². The molecule has 0 unspecified atom stereocenters. The van der Waals surface area contributed by atoms with Gasteiger partial charge >= 0.3 is 18.3 Å². The quantitative estimate of drug-likeness (QED) is 0.219. The van der Waals surface area contributed by atoms with E-state index in [9.17, 15) is 27.6 Å². The van der Waals surface area contributed by atoms with Crippen molar-refractivity contribution in [2.75, 3.05) is 57.9 Å². The third-order valence-corrected chi connectivity index (χ3v) is 8.65. The van der Waals surface area contributed by atoms with Crippen LogP contribution in [-0.2, 0) is 28.5 Å². The first-order valence-electron chi connectivity index (χ1n) is 15.5. The summed E-state index contributed by atoms with van der Waals surface area (Å²) in [5.74, 6) is -0.613. The number of alkyl halides is 3. The van der Waals surface area contributed by atoms with Crippen LogP contribution < -0.4 is 16.4 Å². The van der Waals surface area contributed by atoms with E-state index in [2.05, 4.69) is 15.5 Å². The molecule has 252 valence electrons. The standard InChI is InChI=1S/C32H42ClF3N6O4/c1-40(2)14-7-3-6-13-38-29(43)27(20-21-18-24(32(34,35)36)28(37)25(33)19-21)46-31(45)41-15-11-23(12-16-41)42-17-10-22-8-4-5-9-26(22)39-30(42)44/h4-5,8-9,18-19,23,27H,3,6-7,10-17,20,37H2,1-2H3,(H,38,43)(H,39,44)/t27-/m1/s1. The van der Waals surface area contributed by atoms with Crippen LogP contribution in [-0.4, -0.2) is 91.7 Å². The highest BCUT2D eigenvalue weighted by atomic mass is 35.5. The maximum Gasteiger partial charge on any atom is 0.418 e. The van der Waals surface area contributed by atoms with E-state index in [1.807, 2.05) is 38.4 Å². The summed E-state index contributed by atoms with van der Waals surface area (Å²) < 4.78 is 46.5. The fourth-order valence-corrected chi connectivity index (χ4v) is 6.02. The Morgan fingerprint density at radius 1 is 1.13 bits per heavy atom. The van der Waals surface area contributed by atoms with Crippen molar-refractivity contribution in [2.45, 2.75) is 63.3 Å². The number of nitrogens with zero attached hydrogens (tertiary/aromatic N) is 3. The van der Waals surface area contributed by atoms with Crippen molar-refractivity contribution in [1.29, 1.82) is 0 Å². The number of hydrogen-bond donors (Lipinski definition) is 3. The van der Waals surface area contributed by atoms with E-state index >= 15 is 0 Å². The molecule has 1 atom stereocenters. The van der Waals surface area contributed by atoms with E-state index in [0.29, 0.717) is 38.8 Å². The number of urea groups is 1. The molecule has 2 heterocycles. The van der Waals surface area contributed by atoms with Crippen LogP contribution in [0, 0.1) is 0 Å². The summed E-state index contributed by atoms with van der Waals surface area (Å²) in [6.45, 7) is 2.34. The molecule has 2 aliphatic rings. The number of likely N-dealkylation sites (tertiary alicyclic amines) is 1. The molecule has 4 rings (SSSR count). The summed E-state index contributed by atoms with van der Waals surface area (Å²) >= 11 is 6.02. The summed E-state index contributed by atoms with van der Waals surface area (Å²) in [6.07, 6.45) is -3.04. The van der Waals surface area contributed by atoms with E-state index in [-0.39, 0.29) is 42.2 Å². The fraction of sp³-hybridized carbons (Fsp3) is 0.531. The monoisotopic (exact) mass is 666 g/mol. The Morgan fingerprint density at radius 2 is 1.85 bits per heavy atom. The molecule has 0 radical (unpaired) electrons. The number of benzene rings is 2. The van der Waals surface area contributed by atoms with Crippen molar-refractivity contribution >= 4 is 41.0 Å². The number of carbonyl (C=O) groups is 3. The van der Waals surface area contributed by atoms with Crippen LogP contribution in [0.15, 0.2) is 36.4 Å². The number of piperidine rings is 1. The van der Waals surface area contributed by atoms with E-state index in [1.54, 1.807) is 4.90 Å². The molecule has 0 bridgehead atoms. The molecule has 10 nitrogen and oxygen atoms in total. The Morgan fingerprint density at radius 3 is 2.54 bits per heavy atom. The normalized spacial score (nSPS) is 16.5. The van der Waals surface area contributed by atoms with Crippen LogP contribution in [0.25, 0.3) is 0 Å². The Hall–Kier alpha value is -3.71. The third-order valence-electron chi connectivity index (χ3n) is 8.34. The van der Waals surface area contributed by atoms with Gasteiger partial charge in [-0.2, -0.15) is 13.2 Å². The average molecular weight is 667 g/mol. The SMILES string of the molecule is CN(C)CCCCCNC(=O)[C@@H](Cc1cc(Cl)c(N)c(C(F)(F)F)c1)OC(=O)N1CCC(N2CCc3ccccc3NC2=O)CC1. The number of fused-ring (bicyclic) bond motifs is 1. The number of nitrogens with two attached hydrogens (primary N) is 1. The van der Waals surface area contributed by atoms with Crippen LogP contribution in [0.1, 0.15) is 48.8 Å². The molecule has 0 aromatic heterocycles. The summed E-state index contributed by atoms with van der Waals surface area (Å²) in [7, 11) is 3.95. The molecule has 1 fully saturated rings. The number of hydrogen-bond acceptors (Lipinski definition) is 6. The molecule has 2 aromatic carbocycles. The number of nitrogen functional groups attached to an aromatic ring is 1. The van der Waals surface area contributed by atoms with Gasteiger partial charge in [0.15, 0.2) is 6.10 Å². The lowest BCUT2D eigenvalue weighted by molar-refractivity contribution is -0.137. The molecule has 1 saturated heterocycles. The van der Waals surface area contributed by atoms with Gasteiger partial charge in [0.2, 0.25) is 0 Å². The highest BCUT2D eigenvalue weighted by Gasteiger charge is 2.36. The maximum atomic E-state index is 13.6. The summed E-state index contributed by atoms with van der Waals surface area (Å²) in [5, 5.41) is 5.42. The van der Waals surface area contributed by atoms with Gasteiger partial charge in [-0.05, 0) is 82.1 Å². The topological polar surface area (TPSA) is 120 Å². The average Bonchev–Trinajstić information content (AvgIpc) is 3.17. The van der Waals surface area contributed by atoms with Crippen molar-refractivity contribution in [3.63, 3.8) is 0 Å². The number of carbonyl (C=O) groups excluding carboxylic acids is 3. The Bertz CT molecular complexity index is 1380. The van der Waals surface area contributed by atoms with E-state index in [1.165, 1.54) is 11.0 Å². The van der Waals surface area contributed by atoms with Crippen molar-refractivity contribution in [1.82, 2.24) is 20.0 Å². The zero-order valence-corrected chi connectivity index (χ0v) is 26.9. The number of amides is 4. The molecule has 0 spiro atoms. The van der Waals surface area contributed by atoms with Crippen LogP contribution in [0.3, 0.4) is 0 Å². The van der Waals surface area contributed by atoms with Gasteiger partial charge in [-0.3, -0.25) is 4.79 Å². The van der Waals surface area contributed by atoms with Gasteiger partial charge < -0.3 is 35.8 Å². The van der Waals surface area contributed by atoms with Crippen molar-refractivity contribution in [2.24, 2.45) is 0 Å². The lowest BCUT2D eigenvalue weighted by atomic mass is 10.0. The number of ether oxygens (including phenoxy) is 1. The second-order valence-corrected chi connectivity index (χ2v) is 12.4. The molecule has 4 N–H and O–H groups in total. The van der Waals surface area contributed by atoms with Crippen LogP contribution in [0.5, 0.6) is 0 Å². The van der Waals surface area contributed by atoms with Crippen molar-refractivity contribution < 1.29 is 32.3 Å². The molecular weight excluding hydrogens is 625 g/mol. The summed E-state index contributed by atoms with van der Waals surface area (Å²) in [5.41, 5.74) is 5.75. The summed E-state index contributed by atoms with van der Waals surface area (Å²) in [4.78, 5) is 44.8. The second kappa shape index (κ2) is 15.7. The first kappa shape index (κ1) is 35.1. The molecule has 2 aromatic rings. The van der Waals surface area contributed by atoms with Crippen LogP contribution in [0.4, 0.5) is 34.1 Å². The van der Waals surface area contributed by atoms with Gasteiger partial charge in [0.25, 0.3) is 5.91 Å². The van der Waals surface area contributed by atoms with Crippen LogP contribution >= 0.6 is 11.6 Å². The number of anilines is 2. The number of nitrogens with one attached hydrogen (secondary N) is 2. The largest absolute Gasteiger partial charge is 0.436 e. The zero-order chi connectivity index (χ0) is 33.4. The minimum Gasteiger partial charge on any atom is -0.436 e. The predicted octanol–water partition coefficient (Wildman–Crippen LogP) is 5.39. The molecular formula is C32H42ClF3N6O4. The first-order chi connectivity index (χ1) is 21.8. The molecule has 2 aliphatic heterocycles. The van der Waals surface area contributed by atoms with E-state index < -0.39 is 35.5 Å². The Kier molecular flexibility index (Phi) is 12.0. The minimum absolute atomic E-state index is 0.0531. The number of para-hydroxylation sites is 1. The smallest absolute Gasteiger partial charge is 0.418 e. The van der Waals surface area contributed by atoms with Gasteiger partial charge in [-0.15, -0.1) is 0 Å². The van der Waals surface area contributed by atoms with Gasteiger partial charge in [0, 0.05) is 44.3 Å². The van der Waals surface area contributed by atoms with Gasteiger partial charge in [-0.1, -0.05) is 36.2 Å². The zero-order valence-electron chi connectivity index (χ0n) is 26.2. The minimum atomic E-state index is -4.76. The lowest BCUT2D eigenvalue weighted by Crippen LogP contribution is -2.51. The van der Waals surface area contributed by atoms with Crippen molar-refractivity contribution in [3.8, 4) is 0 Å². The van der Waals surface area contributed by atoms with Gasteiger partial charge in [0.1, 0.15) is 0 Å². The Balaban J connectivity index is 1.39.